The van der Waals surface area contributed by atoms with Gasteiger partial charge in [-0.25, -0.2) is 0 Å². The standard InChI is InChI=1S/C22H16BrNO2S/c1-14-22(21(25)15-7-9-16(23)10-8-15)27-20-13-18(11-12-19(20)24-14)26-17-5-3-2-4-6-17/h2-13,24H,1H3. The fourth-order valence-corrected chi connectivity index (χ4v) is 4.08. The van der Waals surface area contributed by atoms with Gasteiger partial charge in [0.15, 0.2) is 0 Å². The third kappa shape index (κ3) is 3.94. The Morgan fingerprint density at radius 3 is 2.44 bits per heavy atom. The van der Waals surface area contributed by atoms with E-state index in [-0.39, 0.29) is 5.78 Å². The Labute approximate surface area is 170 Å². The number of hydrogen-bond donors (Lipinski definition) is 1. The first-order chi connectivity index (χ1) is 13.1. The first-order valence-electron chi connectivity index (χ1n) is 8.43. The zero-order valence-corrected chi connectivity index (χ0v) is 16.9. The summed E-state index contributed by atoms with van der Waals surface area (Å²) in [6.07, 6.45) is 0. The number of rotatable bonds is 4. The van der Waals surface area contributed by atoms with E-state index < -0.39 is 0 Å². The van der Waals surface area contributed by atoms with Gasteiger partial charge < -0.3 is 10.1 Å². The average Bonchev–Trinajstić information content (AvgIpc) is 2.68. The van der Waals surface area contributed by atoms with Crippen molar-refractivity contribution in [1.29, 1.82) is 0 Å². The molecule has 0 unspecified atom stereocenters. The van der Waals surface area contributed by atoms with Crippen LogP contribution >= 0.6 is 27.7 Å². The first kappa shape index (κ1) is 17.9. The van der Waals surface area contributed by atoms with Gasteiger partial charge in [0.25, 0.3) is 0 Å². The van der Waals surface area contributed by atoms with E-state index in [2.05, 4.69) is 21.2 Å². The van der Waals surface area contributed by atoms with Crippen molar-refractivity contribution in [2.45, 2.75) is 11.8 Å². The van der Waals surface area contributed by atoms with Gasteiger partial charge >= 0.3 is 0 Å². The molecule has 134 valence electrons. The maximum Gasteiger partial charge on any atom is 0.201 e. The van der Waals surface area contributed by atoms with Gasteiger partial charge in [0, 0.05) is 20.6 Å². The van der Waals surface area contributed by atoms with Crippen LogP contribution in [0.1, 0.15) is 17.3 Å². The van der Waals surface area contributed by atoms with Crippen LogP contribution in [0.4, 0.5) is 5.69 Å². The number of carbonyl (C=O) groups is 1. The molecule has 0 spiro atoms. The second-order valence-electron chi connectivity index (χ2n) is 6.09. The summed E-state index contributed by atoms with van der Waals surface area (Å²) >= 11 is 4.88. The lowest BCUT2D eigenvalue weighted by molar-refractivity contribution is 0.104. The second kappa shape index (κ2) is 7.62. The normalized spacial score (nSPS) is 13.0. The Balaban J connectivity index is 1.59. The number of ether oxygens (including phenoxy) is 1. The topological polar surface area (TPSA) is 38.3 Å². The molecule has 0 bridgehead atoms. The largest absolute Gasteiger partial charge is 0.457 e. The monoisotopic (exact) mass is 437 g/mol. The van der Waals surface area contributed by atoms with Gasteiger partial charge in [0.05, 0.1) is 10.6 Å². The lowest BCUT2D eigenvalue weighted by Gasteiger charge is -2.22. The molecule has 0 fully saturated rings. The molecule has 27 heavy (non-hydrogen) atoms. The van der Waals surface area contributed by atoms with E-state index in [1.165, 1.54) is 11.8 Å². The van der Waals surface area contributed by atoms with E-state index in [1.54, 1.807) is 0 Å². The molecule has 0 aliphatic carbocycles. The number of carbonyl (C=O) groups excluding carboxylic acids is 1. The molecule has 4 rings (SSSR count). The summed E-state index contributed by atoms with van der Waals surface area (Å²) in [5, 5.41) is 3.34. The molecule has 0 saturated heterocycles. The van der Waals surface area contributed by atoms with Gasteiger partial charge in [-0.1, -0.05) is 45.9 Å². The second-order valence-corrected chi connectivity index (χ2v) is 8.06. The number of ketones is 1. The molecule has 3 aromatic rings. The molecule has 1 aliphatic rings. The van der Waals surface area contributed by atoms with Crippen LogP contribution in [0.25, 0.3) is 0 Å². The zero-order chi connectivity index (χ0) is 18.8. The van der Waals surface area contributed by atoms with Crippen molar-refractivity contribution in [1.82, 2.24) is 0 Å². The Morgan fingerprint density at radius 1 is 0.963 bits per heavy atom. The van der Waals surface area contributed by atoms with Crippen LogP contribution in [0, 0.1) is 0 Å². The lowest BCUT2D eigenvalue weighted by atomic mass is 10.1. The van der Waals surface area contributed by atoms with Crippen molar-refractivity contribution in [3.8, 4) is 11.5 Å². The van der Waals surface area contributed by atoms with E-state index >= 15 is 0 Å². The maximum atomic E-state index is 12.9. The van der Waals surface area contributed by atoms with Gasteiger partial charge in [-0.05, 0) is 61.5 Å². The molecule has 0 amide bonds. The molecule has 5 heteroatoms. The van der Waals surface area contributed by atoms with Crippen LogP contribution in [0.15, 0.2) is 92.8 Å². The van der Waals surface area contributed by atoms with Crippen LogP contribution < -0.4 is 10.1 Å². The highest BCUT2D eigenvalue weighted by atomic mass is 79.9. The van der Waals surface area contributed by atoms with Gasteiger partial charge in [-0.15, -0.1) is 0 Å². The van der Waals surface area contributed by atoms with Crippen LogP contribution in [0.5, 0.6) is 11.5 Å². The molecule has 3 aromatic carbocycles. The Bertz CT molecular complexity index is 1030. The maximum absolute atomic E-state index is 12.9. The molecule has 1 aliphatic heterocycles. The van der Waals surface area contributed by atoms with Crippen molar-refractivity contribution in [3.63, 3.8) is 0 Å². The molecule has 1 N–H and O–H groups in total. The molecular weight excluding hydrogens is 422 g/mol. The molecule has 0 radical (unpaired) electrons. The van der Waals surface area contributed by atoms with Gasteiger partial charge in [0.2, 0.25) is 5.78 Å². The van der Waals surface area contributed by atoms with Gasteiger partial charge in [-0.3, -0.25) is 4.79 Å². The van der Waals surface area contributed by atoms with Crippen LogP contribution in [-0.4, -0.2) is 5.78 Å². The van der Waals surface area contributed by atoms with Crippen LogP contribution in [0.3, 0.4) is 0 Å². The fourth-order valence-electron chi connectivity index (χ4n) is 2.77. The van der Waals surface area contributed by atoms with Crippen molar-refractivity contribution < 1.29 is 9.53 Å². The molecular formula is C22H16BrNO2S. The van der Waals surface area contributed by atoms with E-state index in [0.717, 1.165) is 32.3 Å². The SMILES string of the molecule is CC1=C(C(=O)c2ccc(Br)cc2)Sc2cc(Oc3ccccc3)ccc2N1. The Kier molecular flexibility index (Phi) is 5.05. The summed E-state index contributed by atoms with van der Waals surface area (Å²) in [4.78, 5) is 14.6. The first-order valence-corrected chi connectivity index (χ1v) is 10.0. The number of hydrogen-bond acceptors (Lipinski definition) is 4. The molecule has 0 atom stereocenters. The number of para-hydroxylation sites is 1. The third-order valence-electron chi connectivity index (χ3n) is 4.12. The van der Waals surface area contributed by atoms with E-state index in [9.17, 15) is 4.79 Å². The lowest BCUT2D eigenvalue weighted by Crippen LogP contribution is -2.12. The summed E-state index contributed by atoms with van der Waals surface area (Å²) in [5.41, 5.74) is 2.50. The Hall–Kier alpha value is -2.50. The van der Waals surface area contributed by atoms with E-state index in [0.29, 0.717) is 10.5 Å². The number of Topliss-reactive ketones (excluding diaryl/α,β-unsaturated/α-hetero) is 1. The van der Waals surface area contributed by atoms with Crippen LogP contribution in [0.2, 0.25) is 0 Å². The number of anilines is 1. The molecule has 1 heterocycles. The summed E-state index contributed by atoms with van der Waals surface area (Å²) in [6, 6.07) is 22.9. The van der Waals surface area contributed by atoms with Crippen molar-refractivity contribution >= 4 is 39.2 Å². The number of halogens is 1. The van der Waals surface area contributed by atoms with Gasteiger partial charge in [0.1, 0.15) is 11.5 Å². The minimum Gasteiger partial charge on any atom is -0.457 e. The summed E-state index contributed by atoms with van der Waals surface area (Å²) in [6.45, 7) is 1.93. The average molecular weight is 438 g/mol. The predicted molar refractivity (Wildman–Crippen MR) is 114 cm³/mol. The van der Waals surface area contributed by atoms with Crippen molar-refractivity contribution in [2.24, 2.45) is 0 Å². The number of nitrogens with one attached hydrogen (secondary N) is 1. The summed E-state index contributed by atoms with van der Waals surface area (Å²) in [5.74, 6) is 1.53. The molecule has 3 nitrogen and oxygen atoms in total. The number of thioether (sulfide) groups is 1. The van der Waals surface area contributed by atoms with E-state index in [4.69, 9.17) is 4.74 Å². The zero-order valence-electron chi connectivity index (χ0n) is 14.5. The quantitative estimate of drug-likeness (QED) is 0.451. The Morgan fingerprint density at radius 2 is 1.70 bits per heavy atom. The summed E-state index contributed by atoms with van der Waals surface area (Å²) in [7, 11) is 0. The fraction of sp³-hybridized carbons (Fsp3) is 0.0455. The third-order valence-corrected chi connectivity index (χ3v) is 5.90. The summed E-state index contributed by atoms with van der Waals surface area (Å²) < 4.78 is 6.87. The number of benzene rings is 3. The highest BCUT2D eigenvalue weighted by Gasteiger charge is 2.23. The minimum absolute atomic E-state index is 0.0116. The minimum atomic E-state index is 0.0116. The molecule has 0 saturated carbocycles. The number of allylic oxidation sites excluding steroid dienone is 2. The predicted octanol–water partition coefficient (Wildman–Crippen LogP) is 6.87. The number of fused-ring (bicyclic) bond motifs is 1. The van der Waals surface area contributed by atoms with E-state index in [1.807, 2.05) is 79.7 Å². The van der Waals surface area contributed by atoms with Crippen molar-refractivity contribution in [2.75, 3.05) is 5.32 Å². The van der Waals surface area contributed by atoms with Crippen molar-refractivity contribution in [3.05, 3.63) is 93.4 Å². The smallest absolute Gasteiger partial charge is 0.201 e. The highest BCUT2D eigenvalue weighted by Crippen LogP contribution is 2.43. The van der Waals surface area contributed by atoms with Crippen LogP contribution in [-0.2, 0) is 0 Å². The van der Waals surface area contributed by atoms with Gasteiger partial charge in [-0.2, -0.15) is 0 Å². The molecule has 0 aromatic heterocycles. The highest BCUT2D eigenvalue weighted by molar-refractivity contribution is 9.10.